The number of aliphatic carboxylic acids is 1. The van der Waals surface area contributed by atoms with Gasteiger partial charge < -0.3 is 30.4 Å². The van der Waals surface area contributed by atoms with Gasteiger partial charge in [0.05, 0.1) is 17.7 Å². The maximum atomic E-state index is 13.4. The fourth-order valence-corrected chi connectivity index (χ4v) is 10.2. The number of allylic oxidation sites excluding steroid dienone is 2. The average Bonchev–Trinajstić information content (AvgIpc) is 3.29. The highest BCUT2D eigenvalue weighted by Crippen LogP contribution is 2.67. The number of nitrogens with zero attached hydrogens (tertiary/aromatic N) is 1. The molecule has 48 heavy (non-hydrogen) atoms. The van der Waals surface area contributed by atoms with Crippen LogP contribution in [0.2, 0.25) is 0 Å². The summed E-state index contributed by atoms with van der Waals surface area (Å²) in [6.07, 6.45) is 16.6. The number of carbonyl (C=O) groups excluding carboxylic acids is 2. The number of terminal acetylenes is 1. The van der Waals surface area contributed by atoms with Gasteiger partial charge in [-0.25, -0.2) is 0 Å². The minimum absolute atomic E-state index is 0.0486. The molecule has 1 saturated heterocycles. The minimum Gasteiger partial charge on any atom is -0.481 e. The summed E-state index contributed by atoms with van der Waals surface area (Å²) in [5, 5.41) is 30.9. The number of aliphatic hydroxyl groups is 1. The molecule has 0 bridgehead atoms. The maximum absolute atomic E-state index is 13.4. The van der Waals surface area contributed by atoms with Gasteiger partial charge >= 0.3 is 5.97 Å². The quantitative estimate of drug-likeness (QED) is 0.190. The van der Waals surface area contributed by atoms with Crippen molar-refractivity contribution in [1.29, 1.82) is 0 Å². The van der Waals surface area contributed by atoms with E-state index in [2.05, 4.69) is 41.6 Å². The van der Waals surface area contributed by atoms with Gasteiger partial charge in [0.1, 0.15) is 11.6 Å². The lowest BCUT2D eigenvalue weighted by Gasteiger charge is -2.58. The van der Waals surface area contributed by atoms with Crippen molar-refractivity contribution in [2.75, 3.05) is 13.2 Å². The fraction of sp³-hybridized carbons (Fsp3) is 0.789. The molecular formula is C38H57N3O7. The lowest BCUT2D eigenvalue weighted by atomic mass is 9.46. The summed E-state index contributed by atoms with van der Waals surface area (Å²) in [4.78, 5) is 43.5. The van der Waals surface area contributed by atoms with Gasteiger partial charge in [-0.2, -0.15) is 0 Å². The highest BCUT2D eigenvalue weighted by Gasteiger charge is 2.63. The lowest BCUT2D eigenvalue weighted by Crippen LogP contribution is -2.55. The van der Waals surface area contributed by atoms with Crippen molar-refractivity contribution in [2.24, 2.45) is 45.6 Å². The molecule has 6 unspecified atom stereocenters. The Kier molecular flexibility index (Phi) is 10.4. The topological polar surface area (TPSA) is 147 Å². The zero-order valence-electron chi connectivity index (χ0n) is 29.8. The van der Waals surface area contributed by atoms with Crippen LogP contribution in [0.4, 0.5) is 0 Å². The first-order chi connectivity index (χ1) is 22.5. The summed E-state index contributed by atoms with van der Waals surface area (Å²) >= 11 is 0. The van der Waals surface area contributed by atoms with E-state index >= 15 is 0 Å². The number of nitrogens with one attached hydrogen (secondary N) is 2. The molecule has 1 aliphatic heterocycles. The predicted octanol–water partition coefficient (Wildman–Crippen LogP) is 4.99. The largest absolute Gasteiger partial charge is 0.481 e. The Balaban J connectivity index is 1.17. The molecule has 0 aromatic carbocycles. The highest BCUT2D eigenvalue weighted by atomic mass is 16.6. The van der Waals surface area contributed by atoms with E-state index in [4.69, 9.17) is 16.0 Å². The van der Waals surface area contributed by atoms with Crippen molar-refractivity contribution in [3.05, 3.63) is 11.6 Å². The van der Waals surface area contributed by atoms with Crippen molar-refractivity contribution in [1.82, 2.24) is 10.6 Å². The number of carboxylic acids is 1. The van der Waals surface area contributed by atoms with Gasteiger partial charge in [0.15, 0.2) is 6.61 Å². The Labute approximate surface area is 286 Å². The molecule has 0 radical (unpaired) electrons. The molecule has 5 aliphatic rings. The highest BCUT2D eigenvalue weighted by molar-refractivity contribution is 5.96. The molecule has 1 heterocycles. The van der Waals surface area contributed by atoms with E-state index in [0.29, 0.717) is 43.6 Å². The van der Waals surface area contributed by atoms with Crippen LogP contribution in [0.25, 0.3) is 0 Å². The Morgan fingerprint density at radius 2 is 1.79 bits per heavy atom. The Bertz CT molecular complexity index is 1370. The van der Waals surface area contributed by atoms with Crippen LogP contribution in [0.3, 0.4) is 0 Å². The number of amides is 2. The van der Waals surface area contributed by atoms with Crippen LogP contribution in [0.1, 0.15) is 112 Å². The molecule has 0 spiro atoms. The van der Waals surface area contributed by atoms with Gasteiger partial charge in [-0.15, -0.1) is 6.42 Å². The van der Waals surface area contributed by atoms with Crippen LogP contribution in [-0.2, 0) is 24.0 Å². The van der Waals surface area contributed by atoms with Gasteiger partial charge in [0.25, 0.3) is 5.91 Å². The van der Waals surface area contributed by atoms with Crippen molar-refractivity contribution >= 4 is 23.5 Å². The van der Waals surface area contributed by atoms with Crippen molar-refractivity contribution in [3.63, 3.8) is 0 Å². The number of ether oxygens (including phenoxy) is 1. The molecule has 4 fully saturated rings. The van der Waals surface area contributed by atoms with Crippen LogP contribution in [0, 0.1) is 52.8 Å². The molecule has 2 amide bonds. The lowest BCUT2D eigenvalue weighted by molar-refractivity contribution is -0.140. The fourth-order valence-electron chi connectivity index (χ4n) is 10.2. The molecule has 5 rings (SSSR count). The van der Waals surface area contributed by atoms with Crippen molar-refractivity contribution in [2.45, 2.75) is 135 Å². The van der Waals surface area contributed by atoms with E-state index in [1.807, 2.05) is 27.7 Å². The van der Waals surface area contributed by atoms with Crippen LogP contribution in [-0.4, -0.2) is 70.2 Å². The first-order valence-corrected chi connectivity index (χ1v) is 18.1. The molecule has 0 aromatic heterocycles. The summed E-state index contributed by atoms with van der Waals surface area (Å²) in [6, 6.07) is -1.42. The number of carbonyl (C=O) groups is 3. The third kappa shape index (κ3) is 7.05. The summed E-state index contributed by atoms with van der Waals surface area (Å²) in [6.45, 7) is 12.4. The van der Waals surface area contributed by atoms with Crippen LogP contribution in [0.15, 0.2) is 16.8 Å². The summed E-state index contributed by atoms with van der Waals surface area (Å²) in [7, 11) is 0. The Morgan fingerprint density at radius 3 is 2.46 bits per heavy atom. The van der Waals surface area contributed by atoms with Gasteiger partial charge in [0.2, 0.25) is 5.91 Å². The Hall–Kier alpha value is -2.90. The number of oxime groups is 1. The monoisotopic (exact) mass is 667 g/mol. The van der Waals surface area contributed by atoms with E-state index < -0.39 is 41.1 Å². The molecule has 266 valence electrons. The van der Waals surface area contributed by atoms with Crippen molar-refractivity contribution < 1.29 is 34.2 Å². The summed E-state index contributed by atoms with van der Waals surface area (Å²) < 4.78 is 5.80. The second-order valence-corrected chi connectivity index (χ2v) is 16.7. The van der Waals surface area contributed by atoms with Gasteiger partial charge in [-0.3, -0.25) is 14.4 Å². The standard InChI is InChI=1S/C38H57N3O7/c1-8-38(46)17-13-29-27-10-9-25-19-26(11-15-36(25,6)28(27)12-16-37(29,38)7)41-48-22-31(42)40-33(23(2)3)34(45)39-30(20-32(43)44)24-14-18-47-35(4,5)21-24/h1,19,23-24,27-30,33,46H,9-18,20-22H2,2-7H3,(H,39,45)(H,40,42)(H,43,44)/b41-26+/t24?,27?,28?,29?,30?,33?,36-,37-,38+/m0/s1. The first kappa shape index (κ1) is 36.4. The average molecular weight is 668 g/mol. The van der Waals surface area contributed by atoms with Crippen LogP contribution < -0.4 is 10.6 Å². The molecule has 10 heteroatoms. The van der Waals surface area contributed by atoms with Gasteiger partial charge in [0, 0.05) is 18.1 Å². The number of hydrogen-bond acceptors (Lipinski definition) is 7. The third-order valence-corrected chi connectivity index (χ3v) is 13.0. The van der Waals surface area contributed by atoms with E-state index in [1.54, 1.807) is 0 Å². The molecular weight excluding hydrogens is 610 g/mol. The zero-order chi connectivity index (χ0) is 35.1. The van der Waals surface area contributed by atoms with E-state index in [1.165, 1.54) is 5.57 Å². The first-order valence-electron chi connectivity index (χ1n) is 18.1. The van der Waals surface area contributed by atoms with Crippen LogP contribution in [0.5, 0.6) is 0 Å². The van der Waals surface area contributed by atoms with E-state index in [-0.39, 0.29) is 35.7 Å². The minimum atomic E-state index is -1.00. The maximum Gasteiger partial charge on any atom is 0.305 e. The number of rotatable bonds is 10. The predicted molar refractivity (Wildman–Crippen MR) is 183 cm³/mol. The number of carboxylic acid groups (broad SMARTS) is 1. The molecule has 4 N–H and O–H groups in total. The second-order valence-electron chi connectivity index (χ2n) is 16.7. The van der Waals surface area contributed by atoms with Gasteiger partial charge in [-0.05, 0) is 119 Å². The van der Waals surface area contributed by atoms with Crippen LogP contribution >= 0.6 is 0 Å². The summed E-state index contributed by atoms with van der Waals surface area (Å²) in [5.74, 6) is 2.19. The summed E-state index contributed by atoms with van der Waals surface area (Å²) in [5.41, 5.74) is 0.689. The smallest absolute Gasteiger partial charge is 0.305 e. The molecule has 0 aromatic rings. The van der Waals surface area contributed by atoms with Gasteiger partial charge in [-0.1, -0.05) is 44.3 Å². The van der Waals surface area contributed by atoms with E-state index in [0.717, 1.165) is 50.7 Å². The molecule has 9 atom stereocenters. The second kappa shape index (κ2) is 13.8. The third-order valence-electron chi connectivity index (χ3n) is 13.0. The number of fused-ring (bicyclic) bond motifs is 5. The molecule has 4 aliphatic carbocycles. The normalized spacial score (nSPS) is 37.6. The zero-order valence-corrected chi connectivity index (χ0v) is 29.8. The Morgan fingerprint density at radius 1 is 1.06 bits per heavy atom. The van der Waals surface area contributed by atoms with Crippen molar-refractivity contribution in [3.8, 4) is 12.3 Å². The SMILES string of the molecule is C#C[C@@]1(O)CCC2C3CCC4=C/C(=N/OCC(=O)NC(C(=O)NC(CC(=O)O)C5CCOC(C)(C)C5)C(C)C)CC[C@]4(C)C3CC[C@@]21C. The number of hydrogen-bond donors (Lipinski definition) is 4. The molecule has 3 saturated carbocycles. The van der Waals surface area contributed by atoms with E-state index in [9.17, 15) is 24.6 Å². The molecule has 10 nitrogen and oxygen atoms in total.